The molecule has 2 N–H and O–H groups in total. The number of nitrogens with zero attached hydrogens (tertiary/aromatic N) is 2. The van der Waals surface area contributed by atoms with E-state index < -0.39 is 0 Å². The molecule has 0 saturated carbocycles. The number of anilines is 1. The van der Waals surface area contributed by atoms with Gasteiger partial charge in [-0.15, -0.1) is 0 Å². The third kappa shape index (κ3) is 3.70. The molecule has 0 atom stereocenters. The van der Waals surface area contributed by atoms with Gasteiger partial charge in [-0.1, -0.05) is 13.8 Å². The van der Waals surface area contributed by atoms with E-state index in [0.29, 0.717) is 6.04 Å². The second-order valence-electron chi connectivity index (χ2n) is 3.46. The molecule has 0 bridgehead atoms. The van der Waals surface area contributed by atoms with Crippen LogP contribution in [-0.4, -0.2) is 22.6 Å². The van der Waals surface area contributed by atoms with Gasteiger partial charge in [-0.3, -0.25) is 4.98 Å². The highest BCUT2D eigenvalue weighted by molar-refractivity contribution is 5.31. The van der Waals surface area contributed by atoms with E-state index in [1.807, 2.05) is 6.92 Å². The summed E-state index contributed by atoms with van der Waals surface area (Å²) in [6.45, 7) is 7.91. The van der Waals surface area contributed by atoms with Crippen LogP contribution < -0.4 is 10.6 Å². The number of hydrogen-bond acceptors (Lipinski definition) is 4. The maximum absolute atomic E-state index is 4.40. The summed E-state index contributed by atoms with van der Waals surface area (Å²) in [6, 6.07) is 0.472. The lowest BCUT2D eigenvalue weighted by atomic mass is 10.3. The summed E-state index contributed by atoms with van der Waals surface area (Å²) in [6.07, 6.45) is 3.53. The van der Waals surface area contributed by atoms with E-state index in [0.717, 1.165) is 24.6 Å². The highest BCUT2D eigenvalue weighted by Crippen LogP contribution is 2.01. The van der Waals surface area contributed by atoms with Crippen molar-refractivity contribution in [3.05, 3.63) is 18.1 Å². The number of nitrogens with one attached hydrogen (secondary N) is 2. The molecular weight excluding hydrogens is 176 g/mol. The van der Waals surface area contributed by atoms with Crippen LogP contribution in [0, 0.1) is 0 Å². The highest BCUT2D eigenvalue weighted by atomic mass is 15.0. The summed E-state index contributed by atoms with van der Waals surface area (Å²) >= 11 is 0. The maximum atomic E-state index is 4.40. The summed E-state index contributed by atoms with van der Waals surface area (Å²) in [5, 5.41) is 6.43. The lowest BCUT2D eigenvalue weighted by Gasteiger charge is -2.08. The molecule has 14 heavy (non-hydrogen) atoms. The lowest BCUT2D eigenvalue weighted by molar-refractivity contribution is 0.580. The smallest absolute Gasteiger partial charge is 0.144 e. The Morgan fingerprint density at radius 1 is 1.36 bits per heavy atom. The molecule has 0 spiro atoms. The number of aromatic nitrogens is 2. The van der Waals surface area contributed by atoms with Crippen molar-refractivity contribution < 1.29 is 0 Å². The van der Waals surface area contributed by atoms with Gasteiger partial charge in [0.2, 0.25) is 0 Å². The monoisotopic (exact) mass is 194 g/mol. The lowest BCUT2D eigenvalue weighted by Crippen LogP contribution is -2.22. The van der Waals surface area contributed by atoms with Gasteiger partial charge < -0.3 is 10.6 Å². The predicted octanol–water partition coefficient (Wildman–Crippen LogP) is 1.41. The SMILES string of the molecule is CCNc1cncc(CNC(C)C)n1. The molecule has 1 heterocycles. The summed E-state index contributed by atoms with van der Waals surface area (Å²) in [7, 11) is 0. The van der Waals surface area contributed by atoms with E-state index in [1.54, 1.807) is 12.4 Å². The minimum absolute atomic E-state index is 0.472. The first-order valence-corrected chi connectivity index (χ1v) is 5.00. The van der Waals surface area contributed by atoms with Crippen LogP contribution in [0.3, 0.4) is 0 Å². The zero-order valence-corrected chi connectivity index (χ0v) is 9.04. The fourth-order valence-corrected chi connectivity index (χ4v) is 1.07. The summed E-state index contributed by atoms with van der Waals surface area (Å²) in [4.78, 5) is 8.51. The van der Waals surface area contributed by atoms with E-state index in [1.165, 1.54) is 0 Å². The molecule has 0 aromatic carbocycles. The minimum Gasteiger partial charge on any atom is -0.369 e. The standard InChI is InChI=1S/C10H18N4/c1-4-12-10-7-11-5-9(14-10)6-13-8(2)3/h5,7-8,13H,4,6H2,1-3H3,(H,12,14). The fraction of sp³-hybridized carbons (Fsp3) is 0.600. The van der Waals surface area contributed by atoms with Crippen molar-refractivity contribution in [2.24, 2.45) is 0 Å². The Hall–Kier alpha value is -1.16. The number of rotatable bonds is 5. The average Bonchev–Trinajstić information content (AvgIpc) is 2.16. The maximum Gasteiger partial charge on any atom is 0.144 e. The van der Waals surface area contributed by atoms with Crippen LogP contribution in [0.25, 0.3) is 0 Å². The van der Waals surface area contributed by atoms with Crippen LogP contribution in [-0.2, 0) is 6.54 Å². The zero-order valence-electron chi connectivity index (χ0n) is 9.04. The van der Waals surface area contributed by atoms with Crippen molar-refractivity contribution in [2.75, 3.05) is 11.9 Å². The van der Waals surface area contributed by atoms with Crippen molar-refractivity contribution in [3.63, 3.8) is 0 Å². The molecule has 0 radical (unpaired) electrons. The Morgan fingerprint density at radius 3 is 2.79 bits per heavy atom. The van der Waals surface area contributed by atoms with E-state index in [2.05, 4.69) is 34.4 Å². The second kappa shape index (κ2) is 5.54. The number of hydrogen-bond donors (Lipinski definition) is 2. The molecule has 4 heteroatoms. The van der Waals surface area contributed by atoms with Crippen molar-refractivity contribution in [2.45, 2.75) is 33.4 Å². The first-order valence-electron chi connectivity index (χ1n) is 5.00. The quantitative estimate of drug-likeness (QED) is 0.744. The van der Waals surface area contributed by atoms with Crippen LogP contribution in [0.5, 0.6) is 0 Å². The Kier molecular flexibility index (Phi) is 4.32. The van der Waals surface area contributed by atoms with Gasteiger partial charge in [-0.25, -0.2) is 4.98 Å². The van der Waals surface area contributed by atoms with E-state index in [9.17, 15) is 0 Å². The molecule has 0 aliphatic heterocycles. The van der Waals surface area contributed by atoms with Gasteiger partial charge in [-0.05, 0) is 6.92 Å². The first-order chi connectivity index (χ1) is 6.72. The Balaban J connectivity index is 2.54. The second-order valence-corrected chi connectivity index (χ2v) is 3.46. The molecule has 0 aliphatic carbocycles. The Morgan fingerprint density at radius 2 is 2.14 bits per heavy atom. The van der Waals surface area contributed by atoms with Crippen LogP contribution in [0.15, 0.2) is 12.4 Å². The van der Waals surface area contributed by atoms with Crippen LogP contribution in [0.2, 0.25) is 0 Å². The molecule has 4 nitrogen and oxygen atoms in total. The van der Waals surface area contributed by atoms with Gasteiger partial charge in [0.25, 0.3) is 0 Å². The third-order valence-electron chi connectivity index (χ3n) is 1.73. The van der Waals surface area contributed by atoms with Gasteiger partial charge in [0.1, 0.15) is 5.82 Å². The first kappa shape index (κ1) is 10.9. The molecule has 0 aliphatic rings. The molecule has 0 unspecified atom stereocenters. The van der Waals surface area contributed by atoms with E-state index >= 15 is 0 Å². The van der Waals surface area contributed by atoms with Crippen LogP contribution in [0.4, 0.5) is 5.82 Å². The molecule has 1 rings (SSSR count). The van der Waals surface area contributed by atoms with E-state index in [4.69, 9.17) is 0 Å². The van der Waals surface area contributed by atoms with Crippen LogP contribution in [0.1, 0.15) is 26.5 Å². The Bertz CT molecular complexity index is 273. The summed E-state index contributed by atoms with van der Waals surface area (Å²) < 4.78 is 0. The van der Waals surface area contributed by atoms with Gasteiger partial charge in [0.05, 0.1) is 11.9 Å². The van der Waals surface area contributed by atoms with Gasteiger partial charge in [-0.2, -0.15) is 0 Å². The normalized spacial score (nSPS) is 10.6. The van der Waals surface area contributed by atoms with Gasteiger partial charge >= 0.3 is 0 Å². The zero-order chi connectivity index (χ0) is 10.4. The van der Waals surface area contributed by atoms with Crippen LogP contribution >= 0.6 is 0 Å². The summed E-state index contributed by atoms with van der Waals surface area (Å²) in [5.74, 6) is 0.843. The van der Waals surface area contributed by atoms with E-state index in [-0.39, 0.29) is 0 Å². The average molecular weight is 194 g/mol. The fourth-order valence-electron chi connectivity index (χ4n) is 1.07. The molecule has 0 fully saturated rings. The summed E-state index contributed by atoms with van der Waals surface area (Å²) in [5.41, 5.74) is 0.970. The molecular formula is C10H18N4. The Labute approximate surface area is 85.2 Å². The van der Waals surface area contributed by atoms with Crippen molar-refractivity contribution >= 4 is 5.82 Å². The molecule has 0 amide bonds. The predicted molar refractivity (Wildman–Crippen MR) is 58.2 cm³/mol. The minimum atomic E-state index is 0.472. The molecule has 1 aromatic rings. The topological polar surface area (TPSA) is 49.8 Å². The molecule has 1 aromatic heterocycles. The third-order valence-corrected chi connectivity index (χ3v) is 1.73. The largest absolute Gasteiger partial charge is 0.369 e. The highest BCUT2D eigenvalue weighted by Gasteiger charge is 1.98. The molecule has 0 saturated heterocycles. The van der Waals surface area contributed by atoms with Crippen molar-refractivity contribution in [3.8, 4) is 0 Å². The molecule has 78 valence electrons. The van der Waals surface area contributed by atoms with Gasteiger partial charge in [0.15, 0.2) is 0 Å². The van der Waals surface area contributed by atoms with Gasteiger partial charge in [0, 0.05) is 25.3 Å². The van der Waals surface area contributed by atoms with Crippen molar-refractivity contribution in [1.29, 1.82) is 0 Å². The van der Waals surface area contributed by atoms with Crippen molar-refractivity contribution in [1.82, 2.24) is 15.3 Å².